The summed E-state index contributed by atoms with van der Waals surface area (Å²) in [7, 11) is 1.57. The number of carbonyl (C=O) groups is 2. The number of fused-ring (bicyclic) bond motifs is 1. The molecule has 1 fully saturated rings. The zero-order chi connectivity index (χ0) is 18.4. The lowest BCUT2D eigenvalue weighted by Crippen LogP contribution is -2.39. The minimum atomic E-state index is -0.824. The van der Waals surface area contributed by atoms with Gasteiger partial charge in [0.15, 0.2) is 12.1 Å². The SMILES string of the molecule is COc1cccc(N2N=NC3C(=O)N(c4ccc(C)c(C)c4)C(=O)C32)c1. The summed E-state index contributed by atoms with van der Waals surface area (Å²) < 4.78 is 5.23. The van der Waals surface area contributed by atoms with Gasteiger partial charge in [0, 0.05) is 6.07 Å². The van der Waals surface area contributed by atoms with Gasteiger partial charge in [0.2, 0.25) is 0 Å². The number of aryl methyl sites for hydroxylation is 2. The van der Waals surface area contributed by atoms with Gasteiger partial charge in [-0.1, -0.05) is 17.4 Å². The van der Waals surface area contributed by atoms with Crippen molar-refractivity contribution in [3.63, 3.8) is 0 Å². The number of carbonyl (C=O) groups excluding carboxylic acids is 2. The van der Waals surface area contributed by atoms with E-state index in [1.54, 1.807) is 37.4 Å². The molecule has 7 nitrogen and oxygen atoms in total. The van der Waals surface area contributed by atoms with Crippen LogP contribution in [0.4, 0.5) is 11.4 Å². The fraction of sp³-hybridized carbons (Fsp3) is 0.263. The van der Waals surface area contributed by atoms with E-state index in [1.165, 1.54) is 9.91 Å². The third kappa shape index (κ3) is 2.35. The second-order valence-electron chi connectivity index (χ2n) is 6.42. The number of benzene rings is 2. The van der Waals surface area contributed by atoms with Crippen LogP contribution in [0, 0.1) is 13.8 Å². The third-order valence-electron chi connectivity index (χ3n) is 4.85. The molecular formula is C19H18N4O3. The molecule has 2 amide bonds. The molecule has 0 aromatic heterocycles. The first-order valence-corrected chi connectivity index (χ1v) is 8.30. The van der Waals surface area contributed by atoms with Crippen molar-refractivity contribution in [3.8, 4) is 5.75 Å². The van der Waals surface area contributed by atoms with Crippen molar-refractivity contribution in [1.82, 2.24) is 0 Å². The highest BCUT2D eigenvalue weighted by Gasteiger charge is 2.55. The van der Waals surface area contributed by atoms with Crippen LogP contribution in [-0.4, -0.2) is 31.0 Å². The number of ether oxygens (including phenoxy) is 1. The van der Waals surface area contributed by atoms with Gasteiger partial charge in [-0.05, 0) is 49.2 Å². The fourth-order valence-corrected chi connectivity index (χ4v) is 3.25. The molecule has 4 rings (SSSR count). The third-order valence-corrected chi connectivity index (χ3v) is 4.85. The molecule has 2 unspecified atom stereocenters. The van der Waals surface area contributed by atoms with E-state index in [2.05, 4.69) is 10.3 Å². The summed E-state index contributed by atoms with van der Waals surface area (Å²) in [6.07, 6.45) is 0. The zero-order valence-electron chi connectivity index (χ0n) is 14.7. The van der Waals surface area contributed by atoms with Crippen LogP contribution in [0.25, 0.3) is 0 Å². The van der Waals surface area contributed by atoms with Gasteiger partial charge in [-0.25, -0.2) is 9.91 Å². The summed E-state index contributed by atoms with van der Waals surface area (Å²) >= 11 is 0. The lowest BCUT2D eigenvalue weighted by atomic mass is 10.1. The maximum atomic E-state index is 13.0. The molecular weight excluding hydrogens is 332 g/mol. The smallest absolute Gasteiger partial charge is 0.263 e. The zero-order valence-corrected chi connectivity index (χ0v) is 14.7. The minimum absolute atomic E-state index is 0.323. The van der Waals surface area contributed by atoms with Crippen LogP contribution in [-0.2, 0) is 9.59 Å². The summed E-state index contributed by atoms with van der Waals surface area (Å²) in [6, 6.07) is 11.1. The fourth-order valence-electron chi connectivity index (χ4n) is 3.25. The van der Waals surface area contributed by atoms with Gasteiger partial charge in [-0.3, -0.25) is 9.59 Å². The van der Waals surface area contributed by atoms with Crippen molar-refractivity contribution in [2.45, 2.75) is 25.9 Å². The number of nitrogens with zero attached hydrogens (tertiary/aromatic N) is 4. The Hall–Kier alpha value is -3.22. The van der Waals surface area contributed by atoms with E-state index in [9.17, 15) is 9.59 Å². The van der Waals surface area contributed by atoms with Gasteiger partial charge in [0.25, 0.3) is 11.8 Å². The Morgan fingerprint density at radius 1 is 0.962 bits per heavy atom. The lowest BCUT2D eigenvalue weighted by molar-refractivity contribution is -0.121. The first-order valence-electron chi connectivity index (χ1n) is 8.30. The highest BCUT2D eigenvalue weighted by Crippen LogP contribution is 2.36. The second kappa shape index (κ2) is 5.94. The molecule has 2 aromatic rings. The summed E-state index contributed by atoms with van der Waals surface area (Å²) in [5.41, 5.74) is 3.35. The van der Waals surface area contributed by atoms with Gasteiger partial charge in [0.1, 0.15) is 5.75 Å². The van der Waals surface area contributed by atoms with Gasteiger partial charge in [-0.15, -0.1) is 0 Å². The van der Waals surface area contributed by atoms with Gasteiger partial charge >= 0.3 is 0 Å². The predicted molar refractivity (Wildman–Crippen MR) is 96.3 cm³/mol. The average molecular weight is 350 g/mol. The van der Waals surface area contributed by atoms with E-state index >= 15 is 0 Å². The molecule has 7 heteroatoms. The highest BCUT2D eigenvalue weighted by atomic mass is 16.5. The molecule has 132 valence electrons. The molecule has 1 saturated heterocycles. The largest absolute Gasteiger partial charge is 0.497 e. The molecule has 0 spiro atoms. The summed E-state index contributed by atoms with van der Waals surface area (Å²) in [4.78, 5) is 27.1. The van der Waals surface area contributed by atoms with Crippen LogP contribution in [0.1, 0.15) is 11.1 Å². The van der Waals surface area contributed by atoms with E-state index in [0.717, 1.165) is 11.1 Å². The number of rotatable bonds is 3. The van der Waals surface area contributed by atoms with Crippen LogP contribution in [0.2, 0.25) is 0 Å². The summed E-state index contributed by atoms with van der Waals surface area (Å²) in [5.74, 6) is -0.0302. The molecule has 2 aliphatic heterocycles. The normalized spacial score (nSPS) is 21.5. The topological polar surface area (TPSA) is 74.6 Å². The molecule has 0 radical (unpaired) electrons. The number of hydrogen-bond acceptors (Lipinski definition) is 6. The maximum Gasteiger partial charge on any atom is 0.263 e. The monoisotopic (exact) mass is 350 g/mol. The molecule has 0 bridgehead atoms. The Morgan fingerprint density at radius 3 is 2.50 bits per heavy atom. The van der Waals surface area contributed by atoms with Gasteiger partial charge in [0.05, 0.1) is 18.5 Å². The van der Waals surface area contributed by atoms with Crippen molar-refractivity contribution in [2.75, 3.05) is 17.0 Å². The number of methoxy groups -OCH3 is 1. The molecule has 0 N–H and O–H groups in total. The van der Waals surface area contributed by atoms with Crippen molar-refractivity contribution in [1.29, 1.82) is 0 Å². The van der Waals surface area contributed by atoms with E-state index in [1.807, 2.05) is 26.0 Å². The average Bonchev–Trinajstić information content (AvgIpc) is 3.18. The maximum absolute atomic E-state index is 13.0. The molecule has 0 aliphatic carbocycles. The van der Waals surface area contributed by atoms with E-state index < -0.39 is 12.1 Å². The van der Waals surface area contributed by atoms with Crippen molar-refractivity contribution in [2.24, 2.45) is 10.3 Å². The number of anilines is 2. The van der Waals surface area contributed by atoms with E-state index in [-0.39, 0.29) is 11.8 Å². The van der Waals surface area contributed by atoms with Crippen LogP contribution in [0.3, 0.4) is 0 Å². The van der Waals surface area contributed by atoms with E-state index in [0.29, 0.717) is 17.1 Å². The Kier molecular flexibility index (Phi) is 3.72. The number of imide groups is 1. The first-order chi connectivity index (χ1) is 12.5. The molecule has 2 aliphatic rings. The highest BCUT2D eigenvalue weighted by molar-refractivity contribution is 6.26. The Labute approximate surface area is 150 Å². The Bertz CT molecular complexity index is 940. The van der Waals surface area contributed by atoms with Crippen molar-refractivity contribution < 1.29 is 14.3 Å². The molecule has 2 aromatic carbocycles. The predicted octanol–water partition coefficient (Wildman–Crippen LogP) is 2.81. The minimum Gasteiger partial charge on any atom is -0.497 e. The summed E-state index contributed by atoms with van der Waals surface area (Å²) in [6.45, 7) is 3.94. The van der Waals surface area contributed by atoms with Crippen molar-refractivity contribution in [3.05, 3.63) is 53.6 Å². The lowest BCUT2D eigenvalue weighted by Gasteiger charge is -2.21. The van der Waals surface area contributed by atoms with Crippen LogP contribution < -0.4 is 14.6 Å². The molecule has 2 atom stereocenters. The summed E-state index contributed by atoms with van der Waals surface area (Å²) in [5, 5.41) is 9.61. The standard InChI is InChI=1S/C19H18N4O3/c1-11-7-8-13(9-12(11)2)22-18(24)16-17(19(22)25)23(21-20-16)14-5-4-6-15(10-14)26-3/h4-10,16-17H,1-3H3. The van der Waals surface area contributed by atoms with Crippen LogP contribution in [0.5, 0.6) is 5.75 Å². The van der Waals surface area contributed by atoms with Crippen molar-refractivity contribution >= 4 is 23.2 Å². The molecule has 26 heavy (non-hydrogen) atoms. The Balaban J connectivity index is 1.70. The molecule has 0 saturated carbocycles. The quantitative estimate of drug-likeness (QED) is 0.798. The van der Waals surface area contributed by atoms with Gasteiger partial charge in [-0.2, -0.15) is 5.11 Å². The number of amides is 2. The number of hydrogen-bond donors (Lipinski definition) is 0. The van der Waals surface area contributed by atoms with E-state index in [4.69, 9.17) is 4.74 Å². The second-order valence-corrected chi connectivity index (χ2v) is 6.42. The Morgan fingerprint density at radius 2 is 1.77 bits per heavy atom. The van der Waals surface area contributed by atoms with Gasteiger partial charge < -0.3 is 4.74 Å². The van der Waals surface area contributed by atoms with Crippen LogP contribution >= 0.6 is 0 Å². The van der Waals surface area contributed by atoms with Crippen LogP contribution in [0.15, 0.2) is 52.8 Å². The first kappa shape index (κ1) is 16.3. The molecule has 2 heterocycles.